The third-order valence-corrected chi connectivity index (χ3v) is 4.67. The quantitative estimate of drug-likeness (QED) is 0.683. The van der Waals surface area contributed by atoms with Crippen LogP contribution in [-0.2, 0) is 14.3 Å². The van der Waals surface area contributed by atoms with Gasteiger partial charge in [-0.05, 0) is 26.2 Å². The molecule has 2 aliphatic heterocycles. The number of carbonyl (C=O) groups excluding carboxylic acids is 2. The summed E-state index contributed by atoms with van der Waals surface area (Å²) in [4.78, 5) is 28.7. The van der Waals surface area contributed by atoms with E-state index in [0.717, 1.165) is 52.0 Å². The molecule has 7 nitrogen and oxygen atoms in total. The van der Waals surface area contributed by atoms with Crippen LogP contribution in [0.5, 0.6) is 0 Å². The highest BCUT2D eigenvalue weighted by atomic mass is 16.5. The first kappa shape index (κ1) is 18.2. The Balaban J connectivity index is 1.74. The minimum atomic E-state index is -0.370. The van der Waals surface area contributed by atoms with Crippen molar-refractivity contribution in [3.8, 4) is 0 Å². The normalized spacial score (nSPS) is 27.3. The molecule has 0 spiro atoms. The monoisotopic (exact) mass is 326 g/mol. The summed E-state index contributed by atoms with van der Waals surface area (Å²) in [5, 5.41) is 5.74. The number of hydrogen-bond acceptors (Lipinski definition) is 5. The molecule has 2 heterocycles. The van der Waals surface area contributed by atoms with Crippen molar-refractivity contribution in [3.63, 3.8) is 0 Å². The molecule has 2 atom stereocenters. The van der Waals surface area contributed by atoms with E-state index in [-0.39, 0.29) is 17.9 Å². The molecular weight excluding hydrogens is 296 g/mol. The van der Waals surface area contributed by atoms with Gasteiger partial charge in [0.25, 0.3) is 0 Å². The zero-order valence-corrected chi connectivity index (χ0v) is 14.3. The molecule has 132 valence electrons. The minimum absolute atomic E-state index is 0.0476. The number of piperazine rings is 1. The molecular formula is C16H30N4O3. The van der Waals surface area contributed by atoms with Gasteiger partial charge in [-0.2, -0.15) is 0 Å². The van der Waals surface area contributed by atoms with E-state index in [1.165, 1.54) is 0 Å². The van der Waals surface area contributed by atoms with Crippen LogP contribution < -0.4 is 10.6 Å². The Morgan fingerprint density at radius 2 is 2.22 bits per heavy atom. The predicted octanol–water partition coefficient (Wildman–Crippen LogP) is -0.576. The van der Waals surface area contributed by atoms with E-state index in [1.807, 2.05) is 0 Å². The average molecular weight is 326 g/mol. The fourth-order valence-corrected chi connectivity index (χ4v) is 3.28. The van der Waals surface area contributed by atoms with Crippen LogP contribution in [0.15, 0.2) is 0 Å². The molecule has 0 saturated carbocycles. The SMILES string of the molecule is COCCN1CCN(CC(=O)N[C@H]2CCCCNC2=O)C[C@@H]1C. The first-order chi connectivity index (χ1) is 11.1. The van der Waals surface area contributed by atoms with Crippen molar-refractivity contribution < 1.29 is 14.3 Å². The molecule has 2 N–H and O–H groups in total. The summed E-state index contributed by atoms with van der Waals surface area (Å²) in [5.74, 6) is -0.0989. The van der Waals surface area contributed by atoms with E-state index < -0.39 is 0 Å². The van der Waals surface area contributed by atoms with Crippen LogP contribution in [0.4, 0.5) is 0 Å². The first-order valence-electron chi connectivity index (χ1n) is 8.62. The van der Waals surface area contributed by atoms with E-state index in [2.05, 4.69) is 27.4 Å². The van der Waals surface area contributed by atoms with Crippen LogP contribution in [0.1, 0.15) is 26.2 Å². The average Bonchev–Trinajstić information content (AvgIpc) is 2.71. The van der Waals surface area contributed by atoms with Gasteiger partial charge in [0.05, 0.1) is 13.2 Å². The van der Waals surface area contributed by atoms with Gasteiger partial charge in [0.2, 0.25) is 11.8 Å². The van der Waals surface area contributed by atoms with Gasteiger partial charge in [-0.1, -0.05) is 0 Å². The molecule has 23 heavy (non-hydrogen) atoms. The Morgan fingerprint density at radius 1 is 1.39 bits per heavy atom. The van der Waals surface area contributed by atoms with Gasteiger partial charge < -0.3 is 15.4 Å². The van der Waals surface area contributed by atoms with Gasteiger partial charge in [-0.15, -0.1) is 0 Å². The number of rotatable bonds is 6. The number of methoxy groups -OCH3 is 1. The van der Waals surface area contributed by atoms with Crippen molar-refractivity contribution in [1.82, 2.24) is 20.4 Å². The highest BCUT2D eigenvalue weighted by Crippen LogP contribution is 2.09. The molecule has 2 fully saturated rings. The highest BCUT2D eigenvalue weighted by Gasteiger charge is 2.26. The third kappa shape index (κ3) is 5.75. The number of carbonyl (C=O) groups is 2. The first-order valence-corrected chi connectivity index (χ1v) is 8.62. The van der Waals surface area contributed by atoms with Gasteiger partial charge >= 0.3 is 0 Å². The predicted molar refractivity (Wildman–Crippen MR) is 88.1 cm³/mol. The maximum absolute atomic E-state index is 12.2. The summed E-state index contributed by atoms with van der Waals surface area (Å²) in [6.07, 6.45) is 2.69. The second kappa shape index (κ2) is 9.20. The number of nitrogens with zero attached hydrogens (tertiary/aromatic N) is 2. The lowest BCUT2D eigenvalue weighted by atomic mass is 10.1. The minimum Gasteiger partial charge on any atom is -0.383 e. The van der Waals surface area contributed by atoms with Crippen molar-refractivity contribution in [2.45, 2.75) is 38.3 Å². The van der Waals surface area contributed by atoms with Crippen molar-refractivity contribution >= 4 is 11.8 Å². The van der Waals surface area contributed by atoms with Crippen LogP contribution in [0, 0.1) is 0 Å². The lowest BCUT2D eigenvalue weighted by Gasteiger charge is -2.39. The molecule has 0 aliphatic carbocycles. The number of ether oxygens (including phenoxy) is 1. The Bertz CT molecular complexity index is 405. The topological polar surface area (TPSA) is 73.9 Å². The van der Waals surface area contributed by atoms with Crippen LogP contribution in [0.3, 0.4) is 0 Å². The molecule has 2 aliphatic rings. The van der Waals surface area contributed by atoms with Crippen molar-refractivity contribution in [1.29, 1.82) is 0 Å². The van der Waals surface area contributed by atoms with Crippen molar-refractivity contribution in [2.24, 2.45) is 0 Å². The maximum Gasteiger partial charge on any atom is 0.242 e. The molecule has 0 bridgehead atoms. The van der Waals surface area contributed by atoms with Crippen molar-refractivity contribution in [2.75, 3.05) is 53.0 Å². The summed E-state index contributed by atoms with van der Waals surface area (Å²) in [7, 11) is 1.72. The van der Waals surface area contributed by atoms with Gasteiger partial charge in [0.1, 0.15) is 6.04 Å². The number of hydrogen-bond donors (Lipinski definition) is 2. The van der Waals surface area contributed by atoms with Gasteiger partial charge in [0, 0.05) is 45.9 Å². The molecule has 2 rings (SSSR count). The van der Waals surface area contributed by atoms with Crippen molar-refractivity contribution in [3.05, 3.63) is 0 Å². The molecule has 0 aromatic rings. The lowest BCUT2D eigenvalue weighted by Crippen LogP contribution is -2.55. The van der Waals surface area contributed by atoms with Crippen LogP contribution in [-0.4, -0.2) is 86.7 Å². The second-order valence-corrected chi connectivity index (χ2v) is 6.52. The largest absolute Gasteiger partial charge is 0.383 e. The number of amides is 2. The van der Waals surface area contributed by atoms with E-state index in [1.54, 1.807) is 7.11 Å². The Morgan fingerprint density at radius 3 is 2.96 bits per heavy atom. The zero-order valence-electron chi connectivity index (χ0n) is 14.3. The molecule has 2 saturated heterocycles. The van der Waals surface area contributed by atoms with Crippen LogP contribution in [0.2, 0.25) is 0 Å². The summed E-state index contributed by atoms with van der Waals surface area (Å²) in [6.45, 7) is 7.62. The highest BCUT2D eigenvalue weighted by molar-refractivity contribution is 5.88. The van der Waals surface area contributed by atoms with Crippen LogP contribution >= 0.6 is 0 Å². The Kier molecular flexibility index (Phi) is 7.26. The molecule has 0 radical (unpaired) electrons. The van der Waals surface area contributed by atoms with E-state index >= 15 is 0 Å². The smallest absolute Gasteiger partial charge is 0.242 e. The Hall–Kier alpha value is -1.18. The summed E-state index contributed by atoms with van der Waals surface area (Å²) in [6, 6.07) is 0.0401. The summed E-state index contributed by atoms with van der Waals surface area (Å²) >= 11 is 0. The zero-order chi connectivity index (χ0) is 16.7. The van der Waals surface area contributed by atoms with Gasteiger partial charge in [0.15, 0.2) is 0 Å². The summed E-state index contributed by atoms with van der Waals surface area (Å²) in [5.41, 5.74) is 0. The standard InChI is InChI=1S/C16H30N4O3/c1-13-11-19(7-8-20(13)9-10-23-2)12-15(21)18-14-5-3-4-6-17-16(14)22/h13-14H,3-12H2,1-2H3,(H,17,22)(H,18,21)/t13-,14-/m0/s1. The fourth-order valence-electron chi connectivity index (χ4n) is 3.28. The lowest BCUT2D eigenvalue weighted by molar-refractivity contribution is -0.129. The Labute approximate surface area is 138 Å². The number of nitrogens with one attached hydrogen (secondary N) is 2. The molecule has 7 heteroatoms. The van der Waals surface area contributed by atoms with E-state index in [0.29, 0.717) is 19.1 Å². The van der Waals surface area contributed by atoms with Crippen LogP contribution in [0.25, 0.3) is 0 Å². The van der Waals surface area contributed by atoms with E-state index in [9.17, 15) is 9.59 Å². The van der Waals surface area contributed by atoms with E-state index in [4.69, 9.17) is 4.74 Å². The maximum atomic E-state index is 12.2. The molecule has 0 aromatic carbocycles. The fraction of sp³-hybridized carbons (Fsp3) is 0.875. The third-order valence-electron chi connectivity index (χ3n) is 4.67. The second-order valence-electron chi connectivity index (χ2n) is 6.52. The summed E-state index contributed by atoms with van der Waals surface area (Å²) < 4.78 is 5.13. The molecule has 0 unspecified atom stereocenters. The van der Waals surface area contributed by atoms with Gasteiger partial charge in [-0.25, -0.2) is 0 Å². The van der Waals surface area contributed by atoms with Gasteiger partial charge in [-0.3, -0.25) is 19.4 Å². The molecule has 0 aromatic heterocycles. The molecule has 2 amide bonds.